The van der Waals surface area contributed by atoms with E-state index in [9.17, 15) is 14.9 Å². The zero-order chi connectivity index (χ0) is 20.8. The molecule has 0 aliphatic carbocycles. The molecule has 0 aliphatic heterocycles. The van der Waals surface area contributed by atoms with Crippen LogP contribution in [-0.2, 0) is 4.74 Å². The number of aromatic amines is 1. The maximum absolute atomic E-state index is 12.2. The van der Waals surface area contributed by atoms with Gasteiger partial charge in [-0.1, -0.05) is 42.5 Å². The van der Waals surface area contributed by atoms with Crippen LogP contribution in [0.25, 0.3) is 11.3 Å². The number of hydrogen-bond acceptors (Lipinski definition) is 7. The molecule has 0 aliphatic rings. The summed E-state index contributed by atoms with van der Waals surface area (Å²) < 4.78 is 5.35. The van der Waals surface area contributed by atoms with Crippen molar-refractivity contribution in [1.82, 2.24) is 9.97 Å². The fraction of sp³-hybridized carbons (Fsp3) is 0.0500. The number of benzene rings is 2. The lowest BCUT2D eigenvalue weighted by Crippen LogP contribution is -2.16. The number of carbonyl (C=O) groups is 1. The molecule has 0 radical (unpaired) electrons. The van der Waals surface area contributed by atoms with Crippen LogP contribution in [0.5, 0.6) is 0 Å². The number of carbonyl (C=O) groups excluding carboxylic acids is 1. The highest BCUT2D eigenvalue weighted by molar-refractivity contribution is 9.10. The van der Waals surface area contributed by atoms with Crippen LogP contribution in [0.4, 0.5) is 5.95 Å². The van der Waals surface area contributed by atoms with Crippen molar-refractivity contribution in [2.75, 3.05) is 12.5 Å². The maximum Gasteiger partial charge on any atom is 0.339 e. The number of anilines is 1. The molecular formula is C20H14BrN5O3. The summed E-state index contributed by atoms with van der Waals surface area (Å²) in [6.45, 7) is 0. The highest BCUT2D eigenvalue weighted by Gasteiger charge is 2.15. The fourth-order valence-electron chi connectivity index (χ4n) is 2.56. The second-order valence-electron chi connectivity index (χ2n) is 5.68. The van der Waals surface area contributed by atoms with Crippen molar-refractivity contribution in [3.63, 3.8) is 0 Å². The third-order valence-corrected chi connectivity index (χ3v) is 4.55. The number of aromatic nitrogens is 2. The number of halogens is 1. The highest BCUT2D eigenvalue weighted by Crippen LogP contribution is 2.21. The predicted octanol–water partition coefficient (Wildman–Crippen LogP) is 3.30. The number of rotatable bonds is 5. The van der Waals surface area contributed by atoms with Gasteiger partial charge in [-0.05, 0) is 22.0 Å². The molecule has 0 unspecified atom stereocenters. The predicted molar refractivity (Wildman–Crippen MR) is 112 cm³/mol. The molecule has 29 heavy (non-hydrogen) atoms. The Morgan fingerprint density at radius 3 is 2.72 bits per heavy atom. The van der Waals surface area contributed by atoms with Crippen LogP contribution >= 0.6 is 15.9 Å². The van der Waals surface area contributed by atoms with Crippen LogP contribution in [0.2, 0.25) is 0 Å². The summed E-state index contributed by atoms with van der Waals surface area (Å²) in [6.07, 6.45) is 1.40. The largest absolute Gasteiger partial charge is 0.465 e. The third-order valence-electron chi connectivity index (χ3n) is 3.89. The Labute approximate surface area is 174 Å². The van der Waals surface area contributed by atoms with Gasteiger partial charge in [0.05, 0.1) is 24.6 Å². The first-order chi connectivity index (χ1) is 14.0. The van der Waals surface area contributed by atoms with Gasteiger partial charge < -0.3 is 4.74 Å². The van der Waals surface area contributed by atoms with E-state index in [1.807, 2.05) is 12.1 Å². The Bertz CT molecular complexity index is 1180. The molecular weight excluding hydrogens is 438 g/mol. The molecule has 0 amide bonds. The van der Waals surface area contributed by atoms with Crippen LogP contribution in [0.1, 0.15) is 21.5 Å². The highest BCUT2D eigenvalue weighted by atomic mass is 79.9. The quantitative estimate of drug-likeness (QED) is 0.348. The molecule has 0 saturated heterocycles. The molecule has 3 rings (SSSR count). The Morgan fingerprint density at radius 1 is 1.28 bits per heavy atom. The number of H-pyrrole nitrogens is 1. The number of hydrazone groups is 1. The van der Waals surface area contributed by atoms with Gasteiger partial charge in [-0.3, -0.25) is 9.78 Å². The average Bonchev–Trinajstić information content (AvgIpc) is 2.73. The summed E-state index contributed by atoms with van der Waals surface area (Å²) in [6, 6.07) is 15.9. The van der Waals surface area contributed by atoms with Gasteiger partial charge in [-0.25, -0.2) is 15.2 Å². The van der Waals surface area contributed by atoms with E-state index in [-0.39, 0.29) is 17.2 Å². The lowest BCUT2D eigenvalue weighted by atomic mass is 10.1. The molecule has 0 spiro atoms. The van der Waals surface area contributed by atoms with Crippen molar-refractivity contribution in [2.45, 2.75) is 0 Å². The van der Waals surface area contributed by atoms with E-state index in [1.54, 1.807) is 42.5 Å². The molecule has 2 N–H and O–H groups in total. The topological polar surface area (TPSA) is 120 Å². The van der Waals surface area contributed by atoms with Crippen LogP contribution in [0.15, 0.2) is 62.9 Å². The summed E-state index contributed by atoms with van der Waals surface area (Å²) in [4.78, 5) is 31.0. The van der Waals surface area contributed by atoms with Crippen molar-refractivity contribution in [2.24, 2.45) is 5.10 Å². The molecule has 0 bridgehead atoms. The summed E-state index contributed by atoms with van der Waals surface area (Å²) in [5.74, 6) is -0.464. The minimum absolute atomic E-state index is 0.0544. The smallest absolute Gasteiger partial charge is 0.339 e. The maximum atomic E-state index is 12.2. The van der Waals surface area contributed by atoms with Crippen LogP contribution in [0, 0.1) is 11.3 Å². The number of nitrogens with one attached hydrogen (secondary N) is 2. The van der Waals surface area contributed by atoms with Gasteiger partial charge in [0.1, 0.15) is 11.6 Å². The third kappa shape index (κ3) is 4.39. The van der Waals surface area contributed by atoms with Crippen LogP contribution < -0.4 is 11.0 Å². The minimum atomic E-state index is -0.586. The zero-order valence-corrected chi connectivity index (χ0v) is 16.7. The lowest BCUT2D eigenvalue weighted by molar-refractivity contribution is 0.0599. The molecule has 1 aromatic heterocycles. The molecule has 0 saturated carbocycles. The van der Waals surface area contributed by atoms with Gasteiger partial charge in [-0.2, -0.15) is 10.4 Å². The molecule has 0 fully saturated rings. The van der Waals surface area contributed by atoms with Crippen molar-refractivity contribution in [3.8, 4) is 17.3 Å². The molecule has 3 aromatic rings. The number of nitriles is 1. The van der Waals surface area contributed by atoms with E-state index in [0.717, 1.165) is 0 Å². The first-order valence-electron chi connectivity index (χ1n) is 8.31. The fourth-order valence-corrected chi connectivity index (χ4v) is 3.11. The zero-order valence-electron chi connectivity index (χ0n) is 15.1. The summed E-state index contributed by atoms with van der Waals surface area (Å²) in [5.41, 5.74) is 3.63. The second-order valence-corrected chi connectivity index (χ2v) is 6.54. The number of methoxy groups -OCH3 is 1. The monoisotopic (exact) mass is 451 g/mol. The average molecular weight is 452 g/mol. The number of ether oxygens (including phenoxy) is 1. The van der Waals surface area contributed by atoms with Gasteiger partial charge in [0, 0.05) is 15.6 Å². The van der Waals surface area contributed by atoms with Crippen LogP contribution in [-0.4, -0.2) is 29.3 Å². The lowest BCUT2D eigenvalue weighted by Gasteiger charge is -2.07. The van der Waals surface area contributed by atoms with Gasteiger partial charge >= 0.3 is 5.97 Å². The molecule has 2 aromatic carbocycles. The van der Waals surface area contributed by atoms with Crippen LogP contribution in [0.3, 0.4) is 0 Å². The van der Waals surface area contributed by atoms with E-state index in [0.29, 0.717) is 21.2 Å². The molecule has 1 heterocycles. The van der Waals surface area contributed by atoms with Crippen molar-refractivity contribution in [3.05, 3.63) is 80.0 Å². The summed E-state index contributed by atoms with van der Waals surface area (Å²) in [7, 11) is 1.29. The molecule has 8 nitrogen and oxygen atoms in total. The van der Waals surface area contributed by atoms with E-state index >= 15 is 0 Å². The van der Waals surface area contributed by atoms with Gasteiger partial charge in [0.25, 0.3) is 5.56 Å². The Kier molecular flexibility index (Phi) is 6.16. The van der Waals surface area contributed by atoms with Crippen molar-refractivity contribution in [1.29, 1.82) is 5.26 Å². The van der Waals surface area contributed by atoms with Gasteiger partial charge in [0.15, 0.2) is 0 Å². The SMILES string of the molecule is COC(=O)c1c(Br)cccc1C=NNc1nc(-c2ccccc2)c(C#N)c(=O)[nH]1. The molecule has 9 heteroatoms. The van der Waals surface area contributed by atoms with Gasteiger partial charge in [-0.15, -0.1) is 0 Å². The molecule has 0 atom stereocenters. The molecule has 144 valence electrons. The standard InChI is InChI=1S/C20H14BrN5O3/c1-29-19(28)16-13(8-5-9-15(16)21)11-23-26-20-24-17(12-6-3-2-4-7-12)14(10-22)18(27)25-20/h2-9,11H,1H3,(H2,24,25,26,27). The van der Waals surface area contributed by atoms with E-state index in [1.165, 1.54) is 13.3 Å². The Morgan fingerprint density at radius 2 is 2.03 bits per heavy atom. The number of nitrogens with zero attached hydrogens (tertiary/aromatic N) is 3. The van der Waals surface area contributed by atoms with Gasteiger partial charge in [0.2, 0.25) is 5.95 Å². The first-order valence-corrected chi connectivity index (χ1v) is 9.10. The normalized spacial score (nSPS) is 10.5. The second kappa shape index (κ2) is 8.95. The van der Waals surface area contributed by atoms with Crippen molar-refractivity contribution >= 4 is 34.1 Å². The first kappa shape index (κ1) is 20.0. The summed E-state index contributed by atoms with van der Waals surface area (Å²) >= 11 is 3.31. The van der Waals surface area contributed by atoms with E-state index < -0.39 is 11.5 Å². The Balaban J connectivity index is 1.94. The van der Waals surface area contributed by atoms with E-state index in [4.69, 9.17) is 4.74 Å². The minimum Gasteiger partial charge on any atom is -0.465 e. The summed E-state index contributed by atoms with van der Waals surface area (Å²) in [5, 5.41) is 13.3. The number of esters is 1. The number of hydrogen-bond donors (Lipinski definition) is 2. The Hall–Kier alpha value is -3.77. The van der Waals surface area contributed by atoms with E-state index in [2.05, 4.69) is 36.4 Å². The van der Waals surface area contributed by atoms with Crippen molar-refractivity contribution < 1.29 is 9.53 Å².